The zero-order valence-electron chi connectivity index (χ0n) is 12.8. The molecule has 24 heavy (non-hydrogen) atoms. The number of amides is 2. The standard InChI is InChI=1S/C18H14ClNO3S/c1-11-3-2-4-13(7-11)10-20-17(22)16(24-18(20)23)9-12-5-6-15(21)14(19)8-12/h2-9,21H,10H2,1H3/b16-9-. The Balaban J connectivity index is 1.83. The van der Waals surface area contributed by atoms with Gasteiger partial charge in [-0.1, -0.05) is 47.5 Å². The molecule has 0 unspecified atom stereocenters. The molecule has 3 rings (SSSR count). The van der Waals surface area contributed by atoms with Crippen LogP contribution in [-0.4, -0.2) is 21.2 Å². The van der Waals surface area contributed by atoms with Gasteiger partial charge >= 0.3 is 0 Å². The number of nitrogens with zero attached hydrogens (tertiary/aromatic N) is 1. The molecule has 122 valence electrons. The Hall–Kier alpha value is -2.24. The Kier molecular flexibility index (Phi) is 4.64. The Morgan fingerprint density at radius 3 is 2.71 bits per heavy atom. The molecule has 0 aromatic heterocycles. The first kappa shape index (κ1) is 16.6. The van der Waals surface area contributed by atoms with Crippen LogP contribution in [0, 0.1) is 6.92 Å². The van der Waals surface area contributed by atoms with Gasteiger partial charge < -0.3 is 5.11 Å². The number of rotatable bonds is 3. The van der Waals surface area contributed by atoms with Crippen molar-refractivity contribution < 1.29 is 14.7 Å². The Morgan fingerprint density at radius 2 is 2.00 bits per heavy atom. The van der Waals surface area contributed by atoms with Gasteiger partial charge in [-0.25, -0.2) is 0 Å². The minimum atomic E-state index is -0.323. The number of hydrogen-bond acceptors (Lipinski definition) is 4. The van der Waals surface area contributed by atoms with Crippen molar-refractivity contribution in [3.8, 4) is 5.75 Å². The fourth-order valence-electron chi connectivity index (χ4n) is 2.39. The quantitative estimate of drug-likeness (QED) is 0.814. The van der Waals surface area contributed by atoms with Gasteiger partial charge in [-0.15, -0.1) is 0 Å². The number of phenolic OH excluding ortho intramolecular Hbond substituents is 1. The first-order valence-corrected chi connectivity index (χ1v) is 8.43. The fourth-order valence-corrected chi connectivity index (χ4v) is 3.42. The number of carbonyl (C=O) groups excluding carboxylic acids is 2. The van der Waals surface area contributed by atoms with E-state index in [-0.39, 0.29) is 28.5 Å². The van der Waals surface area contributed by atoms with Crippen LogP contribution in [0.4, 0.5) is 4.79 Å². The molecule has 1 heterocycles. The maximum atomic E-state index is 12.5. The van der Waals surface area contributed by atoms with E-state index in [1.807, 2.05) is 31.2 Å². The summed E-state index contributed by atoms with van der Waals surface area (Å²) in [6.45, 7) is 2.21. The number of thioether (sulfide) groups is 1. The molecule has 6 heteroatoms. The van der Waals surface area contributed by atoms with E-state index in [0.717, 1.165) is 22.9 Å². The lowest BCUT2D eigenvalue weighted by atomic mass is 10.1. The highest BCUT2D eigenvalue weighted by Gasteiger charge is 2.34. The lowest BCUT2D eigenvalue weighted by Crippen LogP contribution is -2.27. The van der Waals surface area contributed by atoms with Gasteiger partial charge in [0.25, 0.3) is 11.1 Å². The molecule has 2 aromatic rings. The molecule has 1 N–H and O–H groups in total. The largest absolute Gasteiger partial charge is 0.506 e. The van der Waals surface area contributed by atoms with Crippen molar-refractivity contribution in [3.05, 3.63) is 69.1 Å². The Labute approximate surface area is 148 Å². The second-order valence-corrected chi connectivity index (χ2v) is 6.87. The smallest absolute Gasteiger partial charge is 0.293 e. The highest BCUT2D eigenvalue weighted by Crippen LogP contribution is 2.34. The van der Waals surface area contributed by atoms with Crippen molar-refractivity contribution in [1.82, 2.24) is 4.90 Å². The summed E-state index contributed by atoms with van der Waals surface area (Å²) in [6, 6.07) is 12.3. The third-order valence-corrected chi connectivity index (χ3v) is 4.78. The van der Waals surface area contributed by atoms with Crippen LogP contribution in [0.2, 0.25) is 5.02 Å². The molecule has 0 saturated carbocycles. The molecule has 2 amide bonds. The summed E-state index contributed by atoms with van der Waals surface area (Å²) < 4.78 is 0. The number of carbonyl (C=O) groups is 2. The van der Waals surface area contributed by atoms with E-state index in [9.17, 15) is 14.7 Å². The third kappa shape index (κ3) is 3.47. The average molecular weight is 360 g/mol. The molecule has 0 atom stereocenters. The van der Waals surface area contributed by atoms with E-state index >= 15 is 0 Å². The van der Waals surface area contributed by atoms with E-state index in [2.05, 4.69) is 0 Å². The summed E-state index contributed by atoms with van der Waals surface area (Å²) in [5.41, 5.74) is 2.64. The topological polar surface area (TPSA) is 57.6 Å². The number of imide groups is 1. The first-order valence-electron chi connectivity index (χ1n) is 7.23. The predicted molar refractivity (Wildman–Crippen MR) is 95.8 cm³/mol. The lowest BCUT2D eigenvalue weighted by molar-refractivity contribution is -0.123. The number of halogens is 1. The minimum Gasteiger partial charge on any atom is -0.506 e. The molecule has 1 aliphatic heterocycles. The van der Waals surface area contributed by atoms with Crippen molar-refractivity contribution in [2.75, 3.05) is 0 Å². The van der Waals surface area contributed by atoms with Gasteiger partial charge in [0.05, 0.1) is 16.5 Å². The van der Waals surface area contributed by atoms with E-state index in [4.69, 9.17) is 11.6 Å². The highest BCUT2D eigenvalue weighted by atomic mass is 35.5. The summed E-state index contributed by atoms with van der Waals surface area (Å²) >= 11 is 6.77. The number of hydrogen-bond donors (Lipinski definition) is 1. The molecule has 0 aliphatic carbocycles. The number of benzene rings is 2. The Morgan fingerprint density at radius 1 is 1.21 bits per heavy atom. The van der Waals surface area contributed by atoms with Gasteiger partial charge in [-0.3, -0.25) is 14.5 Å². The van der Waals surface area contributed by atoms with Crippen LogP contribution in [0.3, 0.4) is 0 Å². The number of aryl methyl sites for hydroxylation is 1. The van der Waals surface area contributed by atoms with Gasteiger partial charge in [-0.2, -0.15) is 0 Å². The van der Waals surface area contributed by atoms with Crippen molar-refractivity contribution in [1.29, 1.82) is 0 Å². The highest BCUT2D eigenvalue weighted by molar-refractivity contribution is 8.18. The summed E-state index contributed by atoms with van der Waals surface area (Å²) in [4.78, 5) is 26.2. The maximum Gasteiger partial charge on any atom is 0.293 e. The van der Waals surface area contributed by atoms with E-state index in [1.165, 1.54) is 11.0 Å². The zero-order valence-corrected chi connectivity index (χ0v) is 14.4. The van der Waals surface area contributed by atoms with E-state index in [1.54, 1.807) is 18.2 Å². The number of phenols is 1. The maximum absolute atomic E-state index is 12.5. The van der Waals surface area contributed by atoms with Crippen molar-refractivity contribution in [3.63, 3.8) is 0 Å². The molecule has 1 aliphatic rings. The van der Waals surface area contributed by atoms with Gasteiger partial charge in [-0.05, 0) is 48.0 Å². The monoisotopic (exact) mass is 359 g/mol. The molecule has 0 bridgehead atoms. The predicted octanol–water partition coefficient (Wildman–Crippen LogP) is 4.59. The van der Waals surface area contributed by atoms with Crippen LogP contribution >= 0.6 is 23.4 Å². The molecular weight excluding hydrogens is 346 g/mol. The van der Waals surface area contributed by atoms with E-state index in [0.29, 0.717) is 10.5 Å². The molecule has 0 radical (unpaired) electrons. The van der Waals surface area contributed by atoms with Crippen molar-refractivity contribution in [2.24, 2.45) is 0 Å². The Bertz CT molecular complexity index is 863. The average Bonchev–Trinajstić information content (AvgIpc) is 2.79. The zero-order chi connectivity index (χ0) is 17.3. The van der Waals surface area contributed by atoms with Crippen LogP contribution in [-0.2, 0) is 11.3 Å². The third-order valence-electron chi connectivity index (χ3n) is 3.57. The van der Waals surface area contributed by atoms with Crippen LogP contribution in [0.25, 0.3) is 6.08 Å². The van der Waals surface area contributed by atoms with E-state index < -0.39 is 0 Å². The molecule has 0 spiro atoms. The van der Waals surface area contributed by atoms with Crippen molar-refractivity contribution >= 4 is 40.6 Å². The molecule has 2 aromatic carbocycles. The SMILES string of the molecule is Cc1cccc(CN2C(=O)S/C(=C\c3ccc(O)c(Cl)c3)C2=O)c1. The summed E-state index contributed by atoms with van der Waals surface area (Å²) in [5, 5.41) is 9.34. The summed E-state index contributed by atoms with van der Waals surface area (Å²) in [5.74, 6) is -0.350. The molecule has 1 saturated heterocycles. The minimum absolute atomic E-state index is 0.0265. The molecular formula is C18H14ClNO3S. The molecule has 1 fully saturated rings. The summed E-state index contributed by atoms with van der Waals surface area (Å²) in [6.07, 6.45) is 1.60. The van der Waals surface area contributed by atoms with Gasteiger partial charge in [0.1, 0.15) is 5.75 Å². The summed E-state index contributed by atoms with van der Waals surface area (Å²) in [7, 11) is 0. The number of aromatic hydroxyl groups is 1. The van der Waals surface area contributed by atoms with Gasteiger partial charge in [0, 0.05) is 0 Å². The lowest BCUT2D eigenvalue weighted by Gasteiger charge is -2.12. The van der Waals surface area contributed by atoms with Crippen LogP contribution < -0.4 is 0 Å². The van der Waals surface area contributed by atoms with Crippen molar-refractivity contribution in [2.45, 2.75) is 13.5 Å². The van der Waals surface area contributed by atoms with Crippen LogP contribution in [0.15, 0.2) is 47.4 Å². The normalized spacial score (nSPS) is 16.2. The van der Waals surface area contributed by atoms with Gasteiger partial charge in [0.2, 0.25) is 0 Å². The van der Waals surface area contributed by atoms with Crippen LogP contribution in [0.1, 0.15) is 16.7 Å². The first-order chi connectivity index (χ1) is 11.4. The fraction of sp³-hybridized carbons (Fsp3) is 0.111. The van der Waals surface area contributed by atoms with Gasteiger partial charge in [0.15, 0.2) is 0 Å². The van der Waals surface area contributed by atoms with Crippen LogP contribution in [0.5, 0.6) is 5.75 Å². The molecule has 4 nitrogen and oxygen atoms in total. The second-order valence-electron chi connectivity index (χ2n) is 5.47. The second kappa shape index (κ2) is 6.71.